The van der Waals surface area contributed by atoms with Gasteiger partial charge in [0.05, 0.1) is 5.92 Å². The third-order valence-corrected chi connectivity index (χ3v) is 6.20. The van der Waals surface area contributed by atoms with E-state index in [1.165, 1.54) is 43.4 Å². The molecule has 140 valence electrons. The zero-order valence-electron chi connectivity index (χ0n) is 14.6. The lowest BCUT2D eigenvalue weighted by Gasteiger charge is -2.26. The number of thiazole rings is 1. The summed E-state index contributed by atoms with van der Waals surface area (Å²) in [5, 5.41) is 5.38. The molecule has 26 heavy (non-hydrogen) atoms. The quantitative estimate of drug-likeness (QED) is 0.717. The molecule has 1 N–H and O–H groups in total. The van der Waals surface area contributed by atoms with Crippen molar-refractivity contribution in [2.24, 2.45) is 5.92 Å². The molecule has 0 saturated heterocycles. The first-order valence-corrected chi connectivity index (χ1v) is 11.1. The molecule has 1 amide bonds. The van der Waals surface area contributed by atoms with Crippen molar-refractivity contribution in [1.29, 1.82) is 0 Å². The van der Waals surface area contributed by atoms with Crippen LogP contribution in [0, 0.1) is 5.92 Å². The van der Waals surface area contributed by atoms with Gasteiger partial charge in [0.25, 0.3) is 0 Å². The fraction of sp³-hybridized carbons (Fsp3) is 0.474. The smallest absolute Gasteiger partial charge is 0.233 e. The molecule has 1 aromatic carbocycles. The average molecular weight is 392 g/mol. The van der Waals surface area contributed by atoms with Gasteiger partial charge in [-0.3, -0.25) is 9.00 Å². The van der Waals surface area contributed by atoms with Gasteiger partial charge < -0.3 is 9.87 Å². The van der Waals surface area contributed by atoms with Crippen molar-refractivity contribution in [2.45, 2.75) is 50.2 Å². The van der Waals surface area contributed by atoms with E-state index >= 15 is 0 Å². The van der Waals surface area contributed by atoms with Crippen molar-refractivity contribution in [1.82, 2.24) is 4.98 Å². The SMILES string of the molecule is O=C(Nc1nccs1)C(CC1CCCCC1)c1ccc(CS(=O)[O-])cc1. The molecule has 1 aliphatic rings. The van der Waals surface area contributed by atoms with Crippen LogP contribution in [0.4, 0.5) is 5.13 Å². The van der Waals surface area contributed by atoms with Gasteiger partial charge in [0.2, 0.25) is 5.91 Å². The van der Waals surface area contributed by atoms with Crippen LogP contribution in [0.1, 0.15) is 55.6 Å². The van der Waals surface area contributed by atoms with E-state index in [0.717, 1.165) is 17.5 Å². The standard InChI is InChI=1S/C19H24N2O3S2/c22-18(21-19-20-10-11-25-19)17(12-14-4-2-1-3-5-14)16-8-6-15(7-9-16)13-26(23)24/h6-11,14,17H,1-5,12-13H2,(H,23,24)(H,20,21,22)/p-1. The van der Waals surface area contributed by atoms with Crippen LogP contribution in [-0.4, -0.2) is 19.7 Å². The van der Waals surface area contributed by atoms with Gasteiger partial charge in [-0.25, -0.2) is 4.98 Å². The van der Waals surface area contributed by atoms with Gasteiger partial charge in [-0.05, 0) is 23.5 Å². The van der Waals surface area contributed by atoms with Gasteiger partial charge in [-0.1, -0.05) is 67.5 Å². The lowest BCUT2D eigenvalue weighted by molar-refractivity contribution is -0.118. The fourth-order valence-electron chi connectivity index (χ4n) is 3.61. The van der Waals surface area contributed by atoms with Gasteiger partial charge in [0.15, 0.2) is 5.13 Å². The highest BCUT2D eigenvalue weighted by Crippen LogP contribution is 2.34. The van der Waals surface area contributed by atoms with E-state index < -0.39 is 11.1 Å². The number of carbonyl (C=O) groups is 1. The summed E-state index contributed by atoms with van der Waals surface area (Å²) in [6, 6.07) is 7.37. The number of rotatable bonds is 7. The summed E-state index contributed by atoms with van der Waals surface area (Å²) in [5.74, 6) is 0.280. The maximum absolute atomic E-state index is 12.9. The van der Waals surface area contributed by atoms with Crippen molar-refractivity contribution in [3.63, 3.8) is 0 Å². The van der Waals surface area contributed by atoms with Crippen LogP contribution in [-0.2, 0) is 21.6 Å². The van der Waals surface area contributed by atoms with E-state index in [2.05, 4.69) is 10.3 Å². The summed E-state index contributed by atoms with van der Waals surface area (Å²) >= 11 is -0.699. The van der Waals surface area contributed by atoms with Crippen molar-refractivity contribution < 1.29 is 13.6 Å². The minimum Gasteiger partial charge on any atom is -0.772 e. The van der Waals surface area contributed by atoms with Crippen LogP contribution in [0.15, 0.2) is 35.8 Å². The first kappa shape index (κ1) is 19.2. The predicted molar refractivity (Wildman–Crippen MR) is 104 cm³/mol. The zero-order valence-corrected chi connectivity index (χ0v) is 16.2. The number of hydrogen-bond donors (Lipinski definition) is 1. The molecule has 1 aliphatic carbocycles. The molecule has 1 aromatic heterocycles. The molecule has 1 heterocycles. The van der Waals surface area contributed by atoms with Crippen LogP contribution < -0.4 is 5.32 Å². The molecule has 7 heteroatoms. The highest BCUT2D eigenvalue weighted by molar-refractivity contribution is 7.78. The lowest BCUT2D eigenvalue weighted by Crippen LogP contribution is -2.24. The van der Waals surface area contributed by atoms with Crippen molar-refractivity contribution in [3.05, 3.63) is 47.0 Å². The topological polar surface area (TPSA) is 82.1 Å². The third kappa shape index (κ3) is 5.46. The molecule has 2 unspecified atom stereocenters. The summed E-state index contributed by atoms with van der Waals surface area (Å²) in [6.45, 7) is 0. The van der Waals surface area contributed by atoms with E-state index in [0.29, 0.717) is 11.0 Å². The fourth-order valence-corrected chi connectivity index (χ4v) is 4.61. The normalized spacial score (nSPS) is 17.6. The molecule has 3 rings (SSSR count). The molecule has 5 nitrogen and oxygen atoms in total. The summed E-state index contributed by atoms with van der Waals surface area (Å²) in [4.78, 5) is 17.0. The minimum atomic E-state index is -2.11. The number of nitrogens with one attached hydrogen (secondary N) is 1. The zero-order chi connectivity index (χ0) is 18.4. The first-order valence-electron chi connectivity index (χ1n) is 8.97. The molecule has 1 saturated carbocycles. The second-order valence-electron chi connectivity index (χ2n) is 6.81. The number of aromatic nitrogens is 1. The highest BCUT2D eigenvalue weighted by Gasteiger charge is 2.26. The van der Waals surface area contributed by atoms with Gasteiger partial charge >= 0.3 is 0 Å². The highest BCUT2D eigenvalue weighted by atomic mass is 32.2. The van der Waals surface area contributed by atoms with E-state index in [4.69, 9.17) is 0 Å². The Hall–Kier alpha value is -1.57. The number of carbonyl (C=O) groups excluding carboxylic acids is 1. The van der Waals surface area contributed by atoms with Gasteiger partial charge in [0, 0.05) is 17.3 Å². The van der Waals surface area contributed by atoms with Crippen LogP contribution in [0.2, 0.25) is 0 Å². The average Bonchev–Trinajstić information content (AvgIpc) is 3.14. The minimum absolute atomic E-state index is 0.00111. The Bertz CT molecular complexity index is 726. The van der Waals surface area contributed by atoms with Crippen LogP contribution in [0.25, 0.3) is 0 Å². The van der Waals surface area contributed by atoms with Gasteiger partial charge in [0.1, 0.15) is 0 Å². The molecule has 2 atom stereocenters. The Kier molecular flexibility index (Phi) is 6.93. The molecular formula is C19H23N2O3S2-. The molecule has 0 bridgehead atoms. The predicted octanol–water partition coefficient (Wildman–Crippen LogP) is 4.21. The molecule has 1 fully saturated rings. The summed E-state index contributed by atoms with van der Waals surface area (Å²) in [6.07, 6.45) is 8.61. The first-order chi connectivity index (χ1) is 12.6. The van der Waals surface area contributed by atoms with E-state index in [9.17, 15) is 13.6 Å². The summed E-state index contributed by atoms with van der Waals surface area (Å²) < 4.78 is 21.7. The second-order valence-corrected chi connectivity index (χ2v) is 8.60. The molecular weight excluding hydrogens is 368 g/mol. The second kappa shape index (κ2) is 9.39. The number of anilines is 1. The number of nitrogens with zero attached hydrogens (tertiary/aromatic N) is 1. The molecule has 2 aromatic rings. The van der Waals surface area contributed by atoms with Crippen molar-refractivity contribution in [3.8, 4) is 0 Å². The van der Waals surface area contributed by atoms with Crippen LogP contribution >= 0.6 is 11.3 Å². The molecule has 0 spiro atoms. The van der Waals surface area contributed by atoms with Gasteiger partial charge in [-0.2, -0.15) is 0 Å². The van der Waals surface area contributed by atoms with Crippen LogP contribution in [0.5, 0.6) is 0 Å². The lowest BCUT2D eigenvalue weighted by atomic mass is 9.80. The van der Waals surface area contributed by atoms with Crippen molar-refractivity contribution in [2.75, 3.05) is 5.32 Å². The van der Waals surface area contributed by atoms with E-state index in [-0.39, 0.29) is 17.6 Å². The maximum Gasteiger partial charge on any atom is 0.233 e. The maximum atomic E-state index is 12.9. The Labute approximate surface area is 160 Å². The Morgan fingerprint density at radius 2 is 2.00 bits per heavy atom. The Morgan fingerprint density at radius 1 is 1.27 bits per heavy atom. The molecule has 0 radical (unpaired) electrons. The van der Waals surface area contributed by atoms with Crippen molar-refractivity contribution >= 4 is 33.5 Å². The summed E-state index contributed by atoms with van der Waals surface area (Å²) in [7, 11) is 0. The third-order valence-electron chi connectivity index (χ3n) is 4.94. The van der Waals surface area contributed by atoms with E-state index in [1.807, 2.05) is 17.5 Å². The Morgan fingerprint density at radius 3 is 2.62 bits per heavy atom. The van der Waals surface area contributed by atoms with Crippen LogP contribution in [0.3, 0.4) is 0 Å². The largest absolute Gasteiger partial charge is 0.772 e. The number of hydrogen-bond acceptors (Lipinski definition) is 5. The number of benzene rings is 1. The summed E-state index contributed by atoms with van der Waals surface area (Å²) in [5.41, 5.74) is 1.67. The number of amides is 1. The van der Waals surface area contributed by atoms with Gasteiger partial charge in [-0.15, -0.1) is 11.3 Å². The molecule has 0 aliphatic heterocycles. The Balaban J connectivity index is 1.76. The monoisotopic (exact) mass is 391 g/mol. The van der Waals surface area contributed by atoms with E-state index in [1.54, 1.807) is 18.3 Å².